The molecule has 0 saturated carbocycles. The third-order valence-corrected chi connectivity index (χ3v) is 4.52. The highest BCUT2D eigenvalue weighted by Gasteiger charge is 2.16. The molecule has 2 aromatic rings. The molecule has 0 amide bonds. The van der Waals surface area contributed by atoms with Crippen LogP contribution < -0.4 is 0 Å². The largest absolute Gasteiger partial charge is 0.250 e. The van der Waals surface area contributed by atoms with Crippen molar-refractivity contribution in [2.45, 2.75) is 10.1 Å². The zero-order valence-corrected chi connectivity index (χ0v) is 12.0. The van der Waals surface area contributed by atoms with Gasteiger partial charge in [-0.15, -0.1) is 0 Å². The highest BCUT2D eigenvalue weighted by Crippen LogP contribution is 2.41. The number of halogens is 4. The van der Waals surface area contributed by atoms with Crippen molar-refractivity contribution < 1.29 is 0 Å². The molecular weight excluding hydrogens is 322 g/mol. The summed E-state index contributed by atoms with van der Waals surface area (Å²) in [6, 6.07) is 5.52. The molecule has 17 heavy (non-hydrogen) atoms. The normalized spacial score (nSPS) is 10.6. The molecule has 0 unspecified atom stereocenters. The fourth-order valence-electron chi connectivity index (χ4n) is 1.04. The molecule has 0 aliphatic rings. The number of aromatic nitrogens is 2. The van der Waals surface area contributed by atoms with Crippen molar-refractivity contribution in [3.8, 4) is 0 Å². The summed E-state index contributed by atoms with van der Waals surface area (Å²) in [6.45, 7) is 0. The van der Waals surface area contributed by atoms with Gasteiger partial charge in [0.05, 0.1) is 15.1 Å². The summed E-state index contributed by atoms with van der Waals surface area (Å²) in [5, 5.41) is 1.98. The van der Waals surface area contributed by atoms with Crippen LogP contribution in [0, 0.1) is 0 Å². The lowest BCUT2D eigenvalue weighted by atomic mass is 10.5. The first-order valence-electron chi connectivity index (χ1n) is 4.38. The molecule has 2 rings (SSSR count). The second-order valence-electron chi connectivity index (χ2n) is 2.92. The highest BCUT2D eigenvalue weighted by atomic mass is 35.5. The molecule has 7 heteroatoms. The number of pyridine rings is 2. The Hall–Kier alpha value is -0.190. The van der Waals surface area contributed by atoms with Crippen molar-refractivity contribution in [2.75, 3.05) is 0 Å². The van der Waals surface area contributed by atoms with E-state index in [1.807, 2.05) is 18.2 Å². The number of nitrogens with zero attached hydrogens (tertiary/aromatic N) is 2. The zero-order chi connectivity index (χ0) is 12.4. The smallest absolute Gasteiger partial charge is 0.150 e. The van der Waals surface area contributed by atoms with Gasteiger partial charge in [0.2, 0.25) is 0 Å². The van der Waals surface area contributed by atoms with Gasteiger partial charge in [0.25, 0.3) is 0 Å². The number of hydrogen-bond donors (Lipinski definition) is 0. The molecule has 2 heterocycles. The zero-order valence-electron chi connectivity index (χ0n) is 8.12. The summed E-state index contributed by atoms with van der Waals surface area (Å²) in [5.41, 5.74) is 0. The van der Waals surface area contributed by atoms with E-state index in [1.54, 1.807) is 6.20 Å². The standard InChI is InChI=1S/C10H4Cl4N2S/c11-6-7(12)9(14)16-10(8(6)13)17-5-3-1-2-4-15-5/h1-4H. The molecule has 2 nitrogen and oxygen atoms in total. The van der Waals surface area contributed by atoms with E-state index in [2.05, 4.69) is 9.97 Å². The Morgan fingerprint density at radius 1 is 0.941 bits per heavy atom. The molecule has 0 aliphatic heterocycles. The van der Waals surface area contributed by atoms with Crippen molar-refractivity contribution >= 4 is 58.2 Å². The van der Waals surface area contributed by atoms with E-state index < -0.39 is 0 Å². The summed E-state index contributed by atoms with van der Waals surface area (Å²) >= 11 is 24.9. The van der Waals surface area contributed by atoms with E-state index in [0.29, 0.717) is 5.03 Å². The summed E-state index contributed by atoms with van der Waals surface area (Å²) in [4.78, 5) is 8.21. The van der Waals surface area contributed by atoms with Crippen LogP contribution in [0.15, 0.2) is 34.4 Å². The summed E-state index contributed by atoms with van der Waals surface area (Å²) in [5.74, 6) is 0. The van der Waals surface area contributed by atoms with E-state index in [4.69, 9.17) is 46.4 Å². The monoisotopic (exact) mass is 324 g/mol. The van der Waals surface area contributed by atoms with E-state index in [9.17, 15) is 0 Å². The Morgan fingerprint density at radius 2 is 1.71 bits per heavy atom. The third kappa shape index (κ3) is 2.98. The molecule has 0 radical (unpaired) electrons. The van der Waals surface area contributed by atoms with Crippen LogP contribution in [0.3, 0.4) is 0 Å². The highest BCUT2D eigenvalue weighted by molar-refractivity contribution is 7.99. The topological polar surface area (TPSA) is 25.8 Å². The van der Waals surface area contributed by atoms with Gasteiger partial charge in [-0.25, -0.2) is 9.97 Å². The average molecular weight is 326 g/mol. The number of hydrogen-bond acceptors (Lipinski definition) is 3. The molecule has 0 saturated heterocycles. The molecule has 0 atom stereocenters. The molecular formula is C10H4Cl4N2S. The van der Waals surface area contributed by atoms with Gasteiger partial charge in [0.15, 0.2) is 5.15 Å². The first kappa shape index (κ1) is 13.2. The van der Waals surface area contributed by atoms with Crippen LogP contribution in [0.1, 0.15) is 0 Å². The minimum absolute atomic E-state index is 0.125. The van der Waals surface area contributed by atoms with E-state index in [1.165, 1.54) is 11.8 Å². The maximum Gasteiger partial charge on any atom is 0.150 e. The molecule has 0 aliphatic carbocycles. The van der Waals surface area contributed by atoms with Gasteiger partial charge in [-0.2, -0.15) is 0 Å². The number of rotatable bonds is 2. The van der Waals surface area contributed by atoms with Gasteiger partial charge in [0, 0.05) is 6.20 Å². The quantitative estimate of drug-likeness (QED) is 0.706. The minimum atomic E-state index is 0.125. The summed E-state index contributed by atoms with van der Waals surface area (Å²) in [6.07, 6.45) is 1.68. The Morgan fingerprint density at radius 3 is 2.35 bits per heavy atom. The lowest BCUT2D eigenvalue weighted by Gasteiger charge is -2.06. The van der Waals surface area contributed by atoms with Crippen LogP contribution in [0.5, 0.6) is 0 Å². The van der Waals surface area contributed by atoms with Crippen molar-refractivity contribution in [1.29, 1.82) is 0 Å². The molecule has 0 aromatic carbocycles. The van der Waals surface area contributed by atoms with Gasteiger partial charge >= 0.3 is 0 Å². The van der Waals surface area contributed by atoms with Crippen LogP contribution in [-0.2, 0) is 0 Å². The predicted octanol–water partition coefficient (Wildman–Crippen LogP) is 5.24. The molecule has 2 aromatic heterocycles. The first-order chi connectivity index (χ1) is 8.09. The van der Waals surface area contributed by atoms with Gasteiger partial charge in [-0.3, -0.25) is 0 Å². The van der Waals surface area contributed by atoms with Crippen LogP contribution in [0.4, 0.5) is 0 Å². The van der Waals surface area contributed by atoms with Gasteiger partial charge in [-0.05, 0) is 23.9 Å². The molecule has 0 N–H and O–H groups in total. The Kier molecular flexibility index (Phi) is 4.39. The van der Waals surface area contributed by atoms with Gasteiger partial charge in [-0.1, -0.05) is 52.5 Å². The van der Waals surface area contributed by atoms with Crippen LogP contribution >= 0.6 is 58.2 Å². The average Bonchev–Trinajstić information content (AvgIpc) is 2.35. The molecule has 0 fully saturated rings. The SMILES string of the molecule is Clc1nc(Sc2ccccn2)c(Cl)c(Cl)c1Cl. The molecule has 0 bridgehead atoms. The van der Waals surface area contributed by atoms with Crippen LogP contribution in [0.25, 0.3) is 0 Å². The molecule has 0 spiro atoms. The lowest BCUT2D eigenvalue weighted by Crippen LogP contribution is -1.87. The van der Waals surface area contributed by atoms with Crippen molar-refractivity contribution in [2.24, 2.45) is 0 Å². The van der Waals surface area contributed by atoms with E-state index >= 15 is 0 Å². The first-order valence-corrected chi connectivity index (χ1v) is 6.71. The Bertz CT molecular complexity index is 548. The van der Waals surface area contributed by atoms with Gasteiger partial charge < -0.3 is 0 Å². The third-order valence-electron chi connectivity index (χ3n) is 1.79. The van der Waals surface area contributed by atoms with Crippen LogP contribution in [-0.4, -0.2) is 9.97 Å². The lowest BCUT2D eigenvalue weighted by molar-refractivity contribution is 1.09. The minimum Gasteiger partial charge on any atom is -0.250 e. The summed E-state index contributed by atoms with van der Waals surface area (Å²) < 4.78 is 0. The second-order valence-corrected chi connectivity index (χ2v) is 5.42. The maximum atomic E-state index is 6.03. The maximum absolute atomic E-state index is 6.03. The van der Waals surface area contributed by atoms with E-state index in [0.717, 1.165) is 5.03 Å². The summed E-state index contributed by atoms with van der Waals surface area (Å²) in [7, 11) is 0. The van der Waals surface area contributed by atoms with Crippen molar-refractivity contribution in [3.05, 3.63) is 44.6 Å². The molecule has 88 valence electrons. The fraction of sp³-hybridized carbons (Fsp3) is 0. The van der Waals surface area contributed by atoms with E-state index in [-0.39, 0.29) is 20.2 Å². The van der Waals surface area contributed by atoms with Crippen molar-refractivity contribution in [3.63, 3.8) is 0 Å². The van der Waals surface area contributed by atoms with Crippen molar-refractivity contribution in [1.82, 2.24) is 9.97 Å². The van der Waals surface area contributed by atoms with Crippen LogP contribution in [0.2, 0.25) is 20.2 Å². The second kappa shape index (κ2) is 5.63. The fourth-order valence-corrected chi connectivity index (χ4v) is 2.78. The van der Waals surface area contributed by atoms with Gasteiger partial charge in [0.1, 0.15) is 10.1 Å². The Balaban J connectivity index is 2.41. The predicted molar refractivity (Wildman–Crippen MR) is 72.6 cm³/mol. The Labute approximate surface area is 122 Å².